The van der Waals surface area contributed by atoms with Gasteiger partial charge in [0.25, 0.3) is 5.91 Å². The summed E-state index contributed by atoms with van der Waals surface area (Å²) in [6.07, 6.45) is 1.60. The van der Waals surface area contributed by atoms with Crippen LogP contribution in [0.2, 0.25) is 0 Å². The minimum Gasteiger partial charge on any atom is -0.323 e. The summed E-state index contributed by atoms with van der Waals surface area (Å²) >= 11 is 8.81. The molecule has 5 unspecified atom stereocenters. The van der Waals surface area contributed by atoms with E-state index in [-0.39, 0.29) is 23.1 Å². The molecule has 7 heteroatoms. The van der Waals surface area contributed by atoms with E-state index in [0.717, 1.165) is 6.42 Å². The average molecular weight is 306 g/mol. The molecule has 5 atom stereocenters. The highest BCUT2D eigenvalue weighted by atomic mass is 33.1. The monoisotopic (exact) mass is 306 g/mol. The zero-order valence-corrected chi connectivity index (χ0v) is 12.9. The molecule has 1 aliphatic carbocycles. The summed E-state index contributed by atoms with van der Waals surface area (Å²) in [4.78, 5) is 23.6. The third-order valence-corrected chi connectivity index (χ3v) is 6.16. The number of urea groups is 1. The fraction of sp³-hybridized carbons (Fsp3) is 0.818. The molecular formula is C11H18N2O2S3. The van der Waals surface area contributed by atoms with Crippen molar-refractivity contribution in [2.24, 2.45) is 11.8 Å². The van der Waals surface area contributed by atoms with Gasteiger partial charge in [0.05, 0.1) is 0 Å². The van der Waals surface area contributed by atoms with Gasteiger partial charge in [-0.2, -0.15) is 12.6 Å². The van der Waals surface area contributed by atoms with Crippen molar-refractivity contribution in [3.05, 3.63) is 0 Å². The Morgan fingerprint density at radius 3 is 2.56 bits per heavy atom. The molecule has 4 nitrogen and oxygen atoms in total. The molecule has 18 heavy (non-hydrogen) atoms. The lowest BCUT2D eigenvalue weighted by atomic mass is 9.79. The molecule has 3 amide bonds. The summed E-state index contributed by atoms with van der Waals surface area (Å²) in [5, 5.41) is 5.58. The number of hydrogen-bond donors (Lipinski definition) is 4. The molecule has 0 radical (unpaired) electrons. The fourth-order valence-electron chi connectivity index (χ4n) is 3.40. The van der Waals surface area contributed by atoms with E-state index in [1.807, 2.05) is 6.92 Å². The number of carbonyl (C=O) groups excluding carboxylic acids is 2. The van der Waals surface area contributed by atoms with Crippen LogP contribution in [0.15, 0.2) is 0 Å². The summed E-state index contributed by atoms with van der Waals surface area (Å²) < 4.78 is 0. The van der Waals surface area contributed by atoms with Gasteiger partial charge in [-0.25, -0.2) is 4.79 Å². The van der Waals surface area contributed by atoms with Crippen molar-refractivity contribution in [2.75, 3.05) is 0 Å². The molecule has 0 aromatic carbocycles. The van der Waals surface area contributed by atoms with E-state index >= 15 is 0 Å². The van der Waals surface area contributed by atoms with E-state index in [4.69, 9.17) is 0 Å². The Morgan fingerprint density at radius 2 is 2.11 bits per heavy atom. The van der Waals surface area contributed by atoms with Crippen LogP contribution < -0.4 is 10.6 Å². The second-order valence-electron chi connectivity index (χ2n) is 5.16. The summed E-state index contributed by atoms with van der Waals surface area (Å²) in [6, 6.07) is -0.384. The highest BCUT2D eigenvalue weighted by Gasteiger charge is 2.59. The van der Waals surface area contributed by atoms with Crippen molar-refractivity contribution in [3.63, 3.8) is 0 Å². The van der Waals surface area contributed by atoms with Crippen molar-refractivity contribution >= 4 is 47.0 Å². The third kappa shape index (κ3) is 2.14. The van der Waals surface area contributed by atoms with Gasteiger partial charge < -0.3 is 5.32 Å². The fourth-order valence-corrected chi connectivity index (χ4v) is 4.80. The SMILES string of the molecule is CC(S)C1C(C(C)SS)CCC12NC(=O)NC2=O. The van der Waals surface area contributed by atoms with Gasteiger partial charge in [-0.1, -0.05) is 24.6 Å². The molecule has 2 rings (SSSR count). The number of imide groups is 1. The maximum atomic E-state index is 12.1. The van der Waals surface area contributed by atoms with Crippen LogP contribution >= 0.6 is 35.1 Å². The molecule has 2 N–H and O–H groups in total. The Morgan fingerprint density at radius 1 is 1.44 bits per heavy atom. The predicted octanol–water partition coefficient (Wildman–Crippen LogP) is 1.88. The molecular weight excluding hydrogens is 288 g/mol. The summed E-state index contributed by atoms with van der Waals surface area (Å²) in [7, 11) is 1.50. The molecule has 1 heterocycles. The maximum absolute atomic E-state index is 12.1. The zero-order valence-electron chi connectivity index (χ0n) is 10.3. The first kappa shape index (κ1) is 14.4. The number of hydrogen-bond acceptors (Lipinski definition) is 5. The summed E-state index contributed by atoms with van der Waals surface area (Å²) in [5.41, 5.74) is -0.763. The number of nitrogens with one attached hydrogen (secondary N) is 2. The Balaban J connectivity index is 2.33. The van der Waals surface area contributed by atoms with E-state index in [9.17, 15) is 9.59 Å². The molecule has 2 aliphatic rings. The van der Waals surface area contributed by atoms with Crippen LogP contribution in [0.1, 0.15) is 26.7 Å². The topological polar surface area (TPSA) is 58.2 Å². The van der Waals surface area contributed by atoms with E-state index in [2.05, 4.69) is 41.8 Å². The van der Waals surface area contributed by atoms with Gasteiger partial charge in [-0.15, -0.1) is 11.7 Å². The van der Waals surface area contributed by atoms with E-state index in [1.165, 1.54) is 10.8 Å². The molecule has 1 aliphatic heterocycles. The van der Waals surface area contributed by atoms with Gasteiger partial charge in [0.15, 0.2) is 0 Å². The van der Waals surface area contributed by atoms with Gasteiger partial charge in [-0.05, 0) is 18.8 Å². The van der Waals surface area contributed by atoms with Gasteiger partial charge in [0.1, 0.15) is 5.54 Å². The van der Waals surface area contributed by atoms with Crippen molar-refractivity contribution in [2.45, 2.75) is 42.7 Å². The lowest BCUT2D eigenvalue weighted by Crippen LogP contribution is -2.54. The van der Waals surface area contributed by atoms with Crippen molar-refractivity contribution < 1.29 is 9.59 Å². The van der Waals surface area contributed by atoms with Crippen molar-refractivity contribution in [1.29, 1.82) is 0 Å². The van der Waals surface area contributed by atoms with Crippen LogP contribution in [0, 0.1) is 11.8 Å². The molecule has 1 saturated carbocycles. The largest absolute Gasteiger partial charge is 0.323 e. The third-order valence-electron chi connectivity index (χ3n) is 4.16. The number of thiol groups is 2. The lowest BCUT2D eigenvalue weighted by molar-refractivity contribution is -0.125. The number of carbonyl (C=O) groups is 2. The zero-order chi connectivity index (χ0) is 13.5. The summed E-state index contributed by atoms with van der Waals surface area (Å²) in [5.74, 6) is 0.184. The molecule has 102 valence electrons. The van der Waals surface area contributed by atoms with Gasteiger partial charge >= 0.3 is 6.03 Å². The normalized spacial score (nSPS) is 38.7. The van der Waals surface area contributed by atoms with Crippen LogP contribution in [0.4, 0.5) is 4.79 Å². The van der Waals surface area contributed by atoms with Crippen molar-refractivity contribution in [3.8, 4) is 0 Å². The molecule has 2 fully saturated rings. The first-order valence-corrected chi connectivity index (χ1v) is 8.49. The Hall–Kier alpha value is -0.0100. The molecule has 0 aromatic heterocycles. The Labute approximate surface area is 122 Å². The lowest BCUT2D eigenvalue weighted by Gasteiger charge is -2.35. The van der Waals surface area contributed by atoms with E-state index in [0.29, 0.717) is 17.6 Å². The number of amides is 3. The second kappa shape index (κ2) is 5.17. The smallest absolute Gasteiger partial charge is 0.322 e. The van der Waals surface area contributed by atoms with Crippen LogP contribution in [-0.2, 0) is 4.79 Å². The Kier molecular flexibility index (Phi) is 4.14. The quantitative estimate of drug-likeness (QED) is 0.366. The molecule has 1 saturated heterocycles. The van der Waals surface area contributed by atoms with Crippen LogP contribution in [0.3, 0.4) is 0 Å². The van der Waals surface area contributed by atoms with Crippen LogP contribution in [-0.4, -0.2) is 28.0 Å². The molecule has 0 aromatic rings. The minimum atomic E-state index is -0.763. The van der Waals surface area contributed by atoms with E-state index in [1.54, 1.807) is 0 Å². The van der Waals surface area contributed by atoms with Crippen LogP contribution in [0.5, 0.6) is 0 Å². The second-order valence-corrected chi connectivity index (χ2v) is 7.56. The predicted molar refractivity (Wildman–Crippen MR) is 80.1 cm³/mol. The standard InChI is InChI=1S/C11H18N2O2S3/c1-5(16)8-7(6(2)18-17)3-4-11(8)9(14)12-10(15)13-11/h5-8,16-17H,3-4H2,1-2H3,(H2,12,13,14,15). The van der Waals surface area contributed by atoms with Crippen molar-refractivity contribution in [1.82, 2.24) is 10.6 Å². The first-order chi connectivity index (χ1) is 8.42. The Bertz CT molecular complexity index is 377. The maximum Gasteiger partial charge on any atom is 0.322 e. The van der Waals surface area contributed by atoms with Gasteiger partial charge in [-0.3, -0.25) is 10.1 Å². The molecule has 0 bridgehead atoms. The van der Waals surface area contributed by atoms with Gasteiger partial charge in [0, 0.05) is 16.4 Å². The average Bonchev–Trinajstić information content (AvgIpc) is 2.80. The van der Waals surface area contributed by atoms with Gasteiger partial charge in [0.2, 0.25) is 0 Å². The molecule has 1 spiro atoms. The highest BCUT2D eigenvalue weighted by Crippen LogP contribution is 2.49. The minimum absolute atomic E-state index is 0.0435. The first-order valence-electron chi connectivity index (χ1n) is 6.04. The summed E-state index contributed by atoms with van der Waals surface area (Å²) in [6.45, 7) is 4.10. The highest BCUT2D eigenvalue weighted by molar-refractivity contribution is 8.68. The van der Waals surface area contributed by atoms with Crippen LogP contribution in [0.25, 0.3) is 0 Å². The number of rotatable bonds is 3. The van der Waals surface area contributed by atoms with E-state index < -0.39 is 5.54 Å².